The number of halogens is 2. The number of hydrogen-bond acceptors (Lipinski definition) is 2. The minimum atomic E-state index is -2.63. The second-order valence-corrected chi connectivity index (χ2v) is 2.78. The molecule has 5 heteroatoms. The highest BCUT2D eigenvalue weighted by Gasteiger charge is 2.15. The van der Waals surface area contributed by atoms with Gasteiger partial charge in [0.2, 0.25) is 0 Å². The molecule has 0 radical (unpaired) electrons. The zero-order valence-electron chi connectivity index (χ0n) is 7.15. The van der Waals surface area contributed by atoms with E-state index < -0.39 is 18.4 Å². The molecular weight excluding hydrogens is 192 g/mol. The maximum Gasteiger partial charge on any atom is 0.263 e. The van der Waals surface area contributed by atoms with Crippen molar-refractivity contribution in [2.24, 2.45) is 5.73 Å². The standard InChI is InChI=1S/C9H9F2NO2/c10-8(11)6-3-1-2-5(4-6)7(13)9(12)14/h1-4,7-8,13H,(H2,12,14). The molecular formula is C9H9F2NO2. The molecule has 0 bridgehead atoms. The van der Waals surface area contributed by atoms with E-state index in [1.807, 2.05) is 0 Å². The van der Waals surface area contributed by atoms with Crippen LogP contribution in [0.4, 0.5) is 8.78 Å². The van der Waals surface area contributed by atoms with Gasteiger partial charge in [-0.05, 0) is 11.6 Å². The molecule has 76 valence electrons. The first-order valence-electron chi connectivity index (χ1n) is 3.87. The second-order valence-electron chi connectivity index (χ2n) is 2.78. The molecule has 1 rings (SSSR count). The fourth-order valence-electron chi connectivity index (χ4n) is 1.03. The third-order valence-electron chi connectivity index (χ3n) is 1.75. The number of benzene rings is 1. The molecule has 0 saturated heterocycles. The average Bonchev–Trinajstić information content (AvgIpc) is 2.16. The number of aliphatic hydroxyl groups is 1. The first kappa shape index (κ1) is 10.6. The fraction of sp³-hybridized carbons (Fsp3) is 0.222. The summed E-state index contributed by atoms with van der Waals surface area (Å²) in [6, 6.07) is 4.96. The predicted octanol–water partition coefficient (Wildman–Crippen LogP) is 1.14. The molecule has 1 atom stereocenters. The van der Waals surface area contributed by atoms with Gasteiger partial charge in [0.1, 0.15) is 0 Å². The first-order chi connectivity index (χ1) is 6.52. The third-order valence-corrected chi connectivity index (χ3v) is 1.75. The highest BCUT2D eigenvalue weighted by molar-refractivity contribution is 5.80. The van der Waals surface area contributed by atoms with Gasteiger partial charge in [0, 0.05) is 5.56 Å². The van der Waals surface area contributed by atoms with E-state index in [2.05, 4.69) is 0 Å². The molecule has 14 heavy (non-hydrogen) atoms. The van der Waals surface area contributed by atoms with Crippen molar-refractivity contribution in [1.29, 1.82) is 0 Å². The van der Waals surface area contributed by atoms with Crippen molar-refractivity contribution >= 4 is 5.91 Å². The van der Waals surface area contributed by atoms with Gasteiger partial charge in [-0.25, -0.2) is 8.78 Å². The van der Waals surface area contributed by atoms with Crippen LogP contribution < -0.4 is 5.73 Å². The Kier molecular flexibility index (Phi) is 3.14. The molecule has 0 spiro atoms. The lowest BCUT2D eigenvalue weighted by Gasteiger charge is -2.08. The summed E-state index contributed by atoms with van der Waals surface area (Å²) >= 11 is 0. The van der Waals surface area contributed by atoms with Crippen molar-refractivity contribution in [3.05, 3.63) is 35.4 Å². The Balaban J connectivity index is 2.99. The van der Waals surface area contributed by atoms with Crippen LogP contribution in [-0.4, -0.2) is 11.0 Å². The summed E-state index contributed by atoms with van der Waals surface area (Å²) in [6.45, 7) is 0. The number of aliphatic hydroxyl groups excluding tert-OH is 1. The fourth-order valence-corrected chi connectivity index (χ4v) is 1.03. The zero-order valence-corrected chi connectivity index (χ0v) is 7.15. The Morgan fingerprint density at radius 1 is 1.36 bits per heavy atom. The van der Waals surface area contributed by atoms with Crippen LogP contribution in [0.5, 0.6) is 0 Å². The van der Waals surface area contributed by atoms with Crippen molar-refractivity contribution in [1.82, 2.24) is 0 Å². The van der Waals surface area contributed by atoms with Gasteiger partial charge in [0.15, 0.2) is 6.10 Å². The smallest absolute Gasteiger partial charge is 0.263 e. The minimum Gasteiger partial charge on any atom is -0.378 e. The van der Waals surface area contributed by atoms with Crippen LogP contribution in [0.1, 0.15) is 23.7 Å². The van der Waals surface area contributed by atoms with E-state index >= 15 is 0 Å². The Labute approximate surface area is 79.2 Å². The van der Waals surface area contributed by atoms with Gasteiger partial charge in [0.25, 0.3) is 12.3 Å². The number of carbonyl (C=O) groups excluding carboxylic acids is 1. The molecule has 3 N–H and O–H groups in total. The van der Waals surface area contributed by atoms with Gasteiger partial charge < -0.3 is 10.8 Å². The SMILES string of the molecule is NC(=O)C(O)c1cccc(C(F)F)c1. The van der Waals surface area contributed by atoms with Crippen LogP contribution in [0.2, 0.25) is 0 Å². The molecule has 3 nitrogen and oxygen atoms in total. The van der Waals surface area contributed by atoms with Crippen molar-refractivity contribution < 1.29 is 18.7 Å². The van der Waals surface area contributed by atoms with Crippen molar-refractivity contribution in [2.45, 2.75) is 12.5 Å². The quantitative estimate of drug-likeness (QED) is 0.770. The van der Waals surface area contributed by atoms with Crippen LogP contribution >= 0.6 is 0 Å². The van der Waals surface area contributed by atoms with Gasteiger partial charge >= 0.3 is 0 Å². The molecule has 0 heterocycles. The summed E-state index contributed by atoms with van der Waals surface area (Å²) in [5, 5.41) is 9.18. The highest BCUT2D eigenvalue weighted by atomic mass is 19.3. The van der Waals surface area contributed by atoms with Gasteiger partial charge in [-0.15, -0.1) is 0 Å². The first-order valence-corrected chi connectivity index (χ1v) is 3.87. The Hall–Kier alpha value is -1.49. The molecule has 1 unspecified atom stereocenters. The van der Waals surface area contributed by atoms with E-state index in [1.54, 1.807) is 0 Å². The van der Waals surface area contributed by atoms with Crippen LogP contribution in [0.25, 0.3) is 0 Å². The van der Waals surface area contributed by atoms with E-state index in [1.165, 1.54) is 18.2 Å². The topological polar surface area (TPSA) is 63.3 Å². The summed E-state index contributed by atoms with van der Waals surface area (Å²) in [4.78, 5) is 10.6. The van der Waals surface area contributed by atoms with Gasteiger partial charge in [-0.3, -0.25) is 4.79 Å². The third kappa shape index (κ3) is 2.26. The Bertz CT molecular complexity index is 341. The molecule has 1 aromatic rings. The van der Waals surface area contributed by atoms with E-state index in [0.29, 0.717) is 0 Å². The van der Waals surface area contributed by atoms with Crippen molar-refractivity contribution in [3.8, 4) is 0 Å². The predicted molar refractivity (Wildman–Crippen MR) is 45.6 cm³/mol. The molecule has 0 fully saturated rings. The number of nitrogens with two attached hydrogens (primary N) is 1. The number of rotatable bonds is 3. The second kappa shape index (κ2) is 4.15. The maximum absolute atomic E-state index is 12.2. The molecule has 0 saturated carbocycles. The zero-order chi connectivity index (χ0) is 10.7. The van der Waals surface area contributed by atoms with Crippen molar-refractivity contribution in [3.63, 3.8) is 0 Å². The molecule has 0 aromatic heterocycles. The van der Waals surface area contributed by atoms with Gasteiger partial charge in [-0.1, -0.05) is 18.2 Å². The summed E-state index contributed by atoms with van der Waals surface area (Å²) in [5.74, 6) is -0.962. The summed E-state index contributed by atoms with van der Waals surface area (Å²) < 4.78 is 24.4. The number of primary amides is 1. The highest BCUT2D eigenvalue weighted by Crippen LogP contribution is 2.22. The summed E-state index contributed by atoms with van der Waals surface area (Å²) in [6.07, 6.45) is -4.16. The van der Waals surface area contributed by atoms with Crippen LogP contribution in [-0.2, 0) is 4.79 Å². The van der Waals surface area contributed by atoms with Crippen LogP contribution in [0, 0.1) is 0 Å². The molecule has 0 aliphatic carbocycles. The Morgan fingerprint density at radius 3 is 2.43 bits per heavy atom. The van der Waals surface area contributed by atoms with Crippen LogP contribution in [0.3, 0.4) is 0 Å². The summed E-state index contributed by atoms with van der Waals surface area (Å²) in [5.41, 5.74) is 4.65. The van der Waals surface area contributed by atoms with Crippen LogP contribution in [0.15, 0.2) is 24.3 Å². The van der Waals surface area contributed by atoms with E-state index in [-0.39, 0.29) is 11.1 Å². The monoisotopic (exact) mass is 201 g/mol. The van der Waals surface area contributed by atoms with Crippen molar-refractivity contribution in [2.75, 3.05) is 0 Å². The van der Waals surface area contributed by atoms with Gasteiger partial charge in [0.05, 0.1) is 0 Å². The Morgan fingerprint density at radius 2 is 1.93 bits per heavy atom. The minimum absolute atomic E-state index is 0.0790. The lowest BCUT2D eigenvalue weighted by atomic mass is 10.1. The maximum atomic E-state index is 12.2. The molecule has 1 aromatic carbocycles. The number of carbonyl (C=O) groups is 1. The number of amides is 1. The summed E-state index contributed by atoms with van der Waals surface area (Å²) in [7, 11) is 0. The number of hydrogen-bond donors (Lipinski definition) is 2. The molecule has 1 amide bonds. The lowest BCUT2D eigenvalue weighted by molar-refractivity contribution is -0.126. The molecule has 0 aliphatic heterocycles. The molecule has 0 aliphatic rings. The van der Waals surface area contributed by atoms with E-state index in [0.717, 1.165) is 6.07 Å². The normalized spacial score (nSPS) is 12.9. The van der Waals surface area contributed by atoms with E-state index in [4.69, 9.17) is 5.73 Å². The van der Waals surface area contributed by atoms with E-state index in [9.17, 15) is 18.7 Å². The van der Waals surface area contributed by atoms with Gasteiger partial charge in [-0.2, -0.15) is 0 Å². The largest absolute Gasteiger partial charge is 0.378 e. The average molecular weight is 201 g/mol. The lowest BCUT2D eigenvalue weighted by Crippen LogP contribution is -2.20. The number of alkyl halides is 2.